The molecule has 1 atom stereocenters. The third-order valence-electron chi connectivity index (χ3n) is 4.23. The van der Waals surface area contributed by atoms with E-state index in [0.29, 0.717) is 11.6 Å². The predicted molar refractivity (Wildman–Crippen MR) is 106 cm³/mol. The number of aryl methyl sites for hydroxylation is 2. The number of thiazole rings is 1. The summed E-state index contributed by atoms with van der Waals surface area (Å²) >= 11 is 1.42. The van der Waals surface area contributed by atoms with E-state index >= 15 is 0 Å². The molecule has 8 nitrogen and oxygen atoms in total. The van der Waals surface area contributed by atoms with Crippen molar-refractivity contribution in [2.45, 2.75) is 19.8 Å². The molecule has 0 aliphatic carbocycles. The van der Waals surface area contributed by atoms with Crippen molar-refractivity contribution in [3.63, 3.8) is 0 Å². The Morgan fingerprint density at radius 3 is 2.81 bits per heavy atom. The summed E-state index contributed by atoms with van der Waals surface area (Å²) in [6.07, 6.45) is 4.87. The Morgan fingerprint density at radius 1 is 1.33 bits per heavy atom. The molecule has 9 heteroatoms. The van der Waals surface area contributed by atoms with Crippen LogP contribution < -0.4 is 16.4 Å². The van der Waals surface area contributed by atoms with Crippen LogP contribution >= 0.6 is 11.3 Å². The first-order valence-electron chi connectivity index (χ1n) is 8.65. The molecule has 3 rings (SSSR count). The van der Waals surface area contributed by atoms with Gasteiger partial charge in [0.15, 0.2) is 5.13 Å². The third kappa shape index (κ3) is 4.82. The summed E-state index contributed by atoms with van der Waals surface area (Å²) in [4.78, 5) is 28.2. The van der Waals surface area contributed by atoms with Crippen molar-refractivity contribution in [2.75, 3.05) is 11.9 Å². The van der Waals surface area contributed by atoms with Crippen molar-refractivity contribution in [3.8, 4) is 0 Å². The number of nitrogens with two attached hydrogens (primary N) is 1. The molecule has 27 heavy (non-hydrogen) atoms. The molecule has 3 amide bonds. The Hall–Kier alpha value is -2.94. The number of nitrogens with one attached hydrogen (secondary N) is 2. The van der Waals surface area contributed by atoms with E-state index in [-0.39, 0.29) is 6.54 Å². The summed E-state index contributed by atoms with van der Waals surface area (Å²) in [6.45, 7) is 2.23. The first-order valence-corrected chi connectivity index (χ1v) is 9.47. The average Bonchev–Trinajstić information content (AvgIpc) is 3.22. The number of aromatic nitrogens is 3. The molecule has 1 aromatic carbocycles. The van der Waals surface area contributed by atoms with Gasteiger partial charge >= 0.3 is 6.03 Å². The van der Waals surface area contributed by atoms with Gasteiger partial charge in [0.1, 0.15) is 0 Å². The fourth-order valence-corrected chi connectivity index (χ4v) is 3.66. The zero-order chi connectivity index (χ0) is 19.4. The Bertz CT molecular complexity index is 964. The number of primary amides is 1. The summed E-state index contributed by atoms with van der Waals surface area (Å²) in [5, 5.41) is 10.00. The predicted octanol–water partition coefficient (Wildman–Crippen LogP) is 2.06. The minimum atomic E-state index is -0.512. The summed E-state index contributed by atoms with van der Waals surface area (Å²) < 4.78 is 2.68. The number of rotatable bonds is 7. The van der Waals surface area contributed by atoms with Crippen LogP contribution in [0.25, 0.3) is 10.2 Å². The lowest BCUT2D eigenvalue weighted by Crippen LogP contribution is -2.39. The maximum atomic E-state index is 12.2. The summed E-state index contributed by atoms with van der Waals surface area (Å²) in [7, 11) is 1.80. The number of nitrogens with zero attached hydrogens (tertiary/aromatic N) is 3. The van der Waals surface area contributed by atoms with Gasteiger partial charge < -0.3 is 11.1 Å². The molecule has 0 saturated carbocycles. The second-order valence-corrected chi connectivity index (χ2v) is 7.37. The van der Waals surface area contributed by atoms with Crippen LogP contribution in [0.15, 0.2) is 30.6 Å². The molecule has 2 aromatic heterocycles. The van der Waals surface area contributed by atoms with E-state index in [2.05, 4.69) is 33.7 Å². The number of urea groups is 1. The number of hydrogen-bond donors (Lipinski definition) is 3. The van der Waals surface area contributed by atoms with Gasteiger partial charge in [0.05, 0.1) is 22.3 Å². The Labute approximate surface area is 160 Å². The van der Waals surface area contributed by atoms with E-state index in [9.17, 15) is 9.59 Å². The van der Waals surface area contributed by atoms with Crippen LogP contribution in [0.4, 0.5) is 9.93 Å². The van der Waals surface area contributed by atoms with Crippen LogP contribution in [0.2, 0.25) is 0 Å². The number of carbonyl (C=O) groups excluding carboxylic acids is 2. The zero-order valence-corrected chi connectivity index (χ0v) is 16.0. The van der Waals surface area contributed by atoms with E-state index < -0.39 is 17.9 Å². The van der Waals surface area contributed by atoms with Crippen LogP contribution in [-0.2, 0) is 24.7 Å². The monoisotopic (exact) mass is 386 g/mol. The molecular weight excluding hydrogens is 364 g/mol. The minimum absolute atomic E-state index is 0.140. The molecule has 0 unspecified atom stereocenters. The lowest BCUT2D eigenvalue weighted by Gasteiger charge is -2.13. The normalized spacial score (nSPS) is 12.1. The van der Waals surface area contributed by atoms with Gasteiger partial charge in [-0.25, -0.2) is 9.78 Å². The van der Waals surface area contributed by atoms with Gasteiger partial charge in [-0.3, -0.25) is 14.8 Å². The zero-order valence-electron chi connectivity index (χ0n) is 15.2. The molecule has 0 saturated heterocycles. The highest BCUT2D eigenvalue weighted by Crippen LogP contribution is 2.26. The summed E-state index contributed by atoms with van der Waals surface area (Å²) in [6, 6.07) is 5.64. The molecule has 2 heterocycles. The van der Waals surface area contributed by atoms with Crippen LogP contribution in [0.3, 0.4) is 0 Å². The summed E-state index contributed by atoms with van der Waals surface area (Å²) in [5.74, 6) is -0.978. The van der Waals surface area contributed by atoms with Crippen molar-refractivity contribution in [1.29, 1.82) is 0 Å². The van der Waals surface area contributed by atoms with Crippen molar-refractivity contribution in [2.24, 2.45) is 18.7 Å². The highest BCUT2D eigenvalue weighted by atomic mass is 32.1. The van der Waals surface area contributed by atoms with E-state index in [1.807, 2.05) is 18.3 Å². The van der Waals surface area contributed by atoms with Gasteiger partial charge in [-0.05, 0) is 36.1 Å². The highest BCUT2D eigenvalue weighted by Gasteiger charge is 2.18. The van der Waals surface area contributed by atoms with E-state index in [1.165, 1.54) is 16.9 Å². The van der Waals surface area contributed by atoms with Crippen LogP contribution in [0.5, 0.6) is 0 Å². The molecule has 0 fully saturated rings. The molecule has 0 aliphatic rings. The molecule has 4 N–H and O–H groups in total. The van der Waals surface area contributed by atoms with Crippen molar-refractivity contribution in [1.82, 2.24) is 20.1 Å². The topological polar surface area (TPSA) is 115 Å². The van der Waals surface area contributed by atoms with Crippen LogP contribution in [0.1, 0.15) is 18.1 Å². The number of hydrogen-bond acceptors (Lipinski definition) is 5. The molecule has 0 aliphatic heterocycles. The molecule has 142 valence electrons. The fourth-order valence-electron chi connectivity index (χ4n) is 2.73. The molecular formula is C18H22N6O2S. The minimum Gasteiger partial charge on any atom is -0.369 e. The Morgan fingerprint density at radius 2 is 2.15 bits per heavy atom. The number of anilines is 1. The van der Waals surface area contributed by atoms with Gasteiger partial charge in [0, 0.05) is 19.8 Å². The third-order valence-corrected chi connectivity index (χ3v) is 5.17. The quantitative estimate of drug-likeness (QED) is 0.576. The standard InChI is InChI=1S/C18H22N6O2S/c1-3-11-4-5-14-15(7-11)27-18(22-14)23-17(26)20-9-13(16(19)25)6-12-8-21-24(2)10-12/h4-5,7-8,10,13H,3,6,9H2,1-2H3,(H2,19,25)(H2,20,22,23,26)/t13-/m0/s1. The van der Waals surface area contributed by atoms with Crippen LogP contribution in [-0.4, -0.2) is 33.2 Å². The van der Waals surface area contributed by atoms with Gasteiger partial charge in [-0.2, -0.15) is 5.10 Å². The van der Waals surface area contributed by atoms with E-state index in [4.69, 9.17) is 5.73 Å². The smallest absolute Gasteiger partial charge is 0.321 e. The molecule has 0 spiro atoms. The van der Waals surface area contributed by atoms with E-state index in [1.54, 1.807) is 17.9 Å². The second kappa shape index (κ2) is 8.17. The second-order valence-electron chi connectivity index (χ2n) is 6.34. The Kier molecular flexibility index (Phi) is 5.70. The number of benzene rings is 1. The fraction of sp³-hybridized carbons (Fsp3) is 0.333. The van der Waals surface area contributed by atoms with Crippen molar-refractivity contribution < 1.29 is 9.59 Å². The van der Waals surface area contributed by atoms with Crippen LogP contribution in [0, 0.1) is 5.92 Å². The maximum absolute atomic E-state index is 12.2. The number of amides is 3. The summed E-state index contributed by atoms with van der Waals surface area (Å²) in [5.41, 5.74) is 8.42. The van der Waals surface area contributed by atoms with Crippen molar-refractivity contribution >= 4 is 38.6 Å². The van der Waals surface area contributed by atoms with Gasteiger partial charge in [-0.1, -0.05) is 24.3 Å². The largest absolute Gasteiger partial charge is 0.369 e. The van der Waals surface area contributed by atoms with Crippen molar-refractivity contribution in [3.05, 3.63) is 41.7 Å². The van der Waals surface area contributed by atoms with Gasteiger partial charge in [-0.15, -0.1) is 0 Å². The first-order chi connectivity index (χ1) is 12.9. The Balaban J connectivity index is 1.58. The molecule has 0 radical (unpaired) electrons. The van der Waals surface area contributed by atoms with E-state index in [0.717, 1.165) is 22.2 Å². The molecule has 0 bridgehead atoms. The average molecular weight is 386 g/mol. The number of fused-ring (bicyclic) bond motifs is 1. The maximum Gasteiger partial charge on any atom is 0.321 e. The number of carbonyl (C=O) groups is 2. The van der Waals surface area contributed by atoms with Gasteiger partial charge in [0.25, 0.3) is 0 Å². The molecule has 3 aromatic rings. The SMILES string of the molecule is CCc1ccc2nc(NC(=O)NC[C@H](Cc3cnn(C)c3)C(N)=O)sc2c1. The highest BCUT2D eigenvalue weighted by molar-refractivity contribution is 7.22. The first kappa shape index (κ1) is 18.8. The lowest BCUT2D eigenvalue weighted by atomic mass is 10.0. The lowest BCUT2D eigenvalue weighted by molar-refractivity contribution is -0.121. The van der Waals surface area contributed by atoms with Gasteiger partial charge in [0.2, 0.25) is 5.91 Å².